The maximum atomic E-state index is 6.04. The highest BCUT2D eigenvalue weighted by molar-refractivity contribution is 14.2. The predicted molar refractivity (Wildman–Crippen MR) is 132 cm³/mol. The van der Waals surface area contributed by atoms with E-state index < -0.39 is 0 Å². The average Bonchev–Trinajstić information content (AvgIpc) is 3.18. The monoisotopic (exact) mass is 522 g/mol. The summed E-state index contributed by atoms with van der Waals surface area (Å²) in [5.41, 5.74) is 5.10. The second-order valence-corrected chi connectivity index (χ2v) is 9.79. The van der Waals surface area contributed by atoms with Crippen molar-refractivity contribution in [2.45, 2.75) is 13.8 Å². The van der Waals surface area contributed by atoms with Gasteiger partial charge in [0, 0.05) is 22.5 Å². The first-order valence-corrected chi connectivity index (χ1v) is 12.0. The smallest absolute Gasteiger partial charge is 0.231 e. The highest BCUT2D eigenvalue weighted by atomic mass is 127. The summed E-state index contributed by atoms with van der Waals surface area (Å²) in [4.78, 5) is 19.2. The van der Waals surface area contributed by atoms with Gasteiger partial charge in [0.05, 0.1) is 28.0 Å². The van der Waals surface area contributed by atoms with Gasteiger partial charge < -0.3 is 9.25 Å². The van der Waals surface area contributed by atoms with Crippen molar-refractivity contribution in [2.75, 3.05) is 0 Å². The molecule has 31 heavy (non-hydrogen) atoms. The number of aromatic nitrogens is 3. The van der Waals surface area contributed by atoms with Gasteiger partial charge in [0.25, 0.3) is 0 Å². The fourth-order valence-corrected chi connectivity index (χ4v) is 5.01. The van der Waals surface area contributed by atoms with E-state index in [1.807, 2.05) is 50.2 Å². The summed E-state index contributed by atoms with van der Waals surface area (Å²) in [6.07, 6.45) is 1.79. The largest absolute Gasteiger partial charge is 0.430 e. The van der Waals surface area contributed by atoms with Crippen molar-refractivity contribution in [3.63, 3.8) is 0 Å². The molecular formula is C24H19IN4O2. The van der Waals surface area contributed by atoms with E-state index in [1.54, 1.807) is 6.20 Å². The van der Waals surface area contributed by atoms with Gasteiger partial charge in [0.2, 0.25) is 5.89 Å². The summed E-state index contributed by atoms with van der Waals surface area (Å²) < 4.78 is 9.12. The fourth-order valence-electron chi connectivity index (χ4n) is 3.54. The van der Waals surface area contributed by atoms with Gasteiger partial charge in [-0.15, -0.1) is 0 Å². The summed E-state index contributed by atoms with van der Waals surface area (Å²) in [5, 5.41) is 2.11. The number of rotatable bonds is 4. The van der Waals surface area contributed by atoms with Gasteiger partial charge in [0.15, 0.2) is 9.52 Å². The SMILES string of the molecule is CC=Ic1oc(-c2cc(-c3ccc4ccc5cccnc5c4n3)ccc2ON)nc1C. The number of hydrogen-bond donors (Lipinski definition) is 1. The Labute approximate surface area is 188 Å². The summed E-state index contributed by atoms with van der Waals surface area (Å²) >= 11 is -0.313. The second-order valence-electron chi connectivity index (χ2n) is 6.94. The van der Waals surface area contributed by atoms with Crippen LogP contribution in [0.1, 0.15) is 12.6 Å². The molecule has 0 saturated heterocycles. The molecule has 0 radical (unpaired) electrons. The molecule has 0 fully saturated rings. The van der Waals surface area contributed by atoms with Crippen LogP contribution in [0.4, 0.5) is 0 Å². The summed E-state index contributed by atoms with van der Waals surface area (Å²) in [6.45, 7) is 4.00. The van der Waals surface area contributed by atoms with Gasteiger partial charge in [-0.2, -0.15) is 5.90 Å². The van der Waals surface area contributed by atoms with E-state index in [4.69, 9.17) is 20.1 Å². The van der Waals surface area contributed by atoms with Crippen molar-refractivity contribution in [3.8, 4) is 28.5 Å². The van der Waals surface area contributed by atoms with Crippen molar-refractivity contribution in [3.05, 3.63) is 70.3 Å². The standard InChI is InChI=1S/C24H19IN4O2/c1-3-25-23-14(2)28-24(30-23)18-13-17(9-11-20(18)31-26)19-10-8-16-7-6-15-5-4-12-27-21(15)22(16)29-19/h3-13H,26H2,1-2H3. The minimum atomic E-state index is -0.313. The van der Waals surface area contributed by atoms with Gasteiger partial charge in [-0.1, -0.05) is 28.3 Å². The molecule has 0 aliphatic rings. The molecule has 3 heterocycles. The van der Waals surface area contributed by atoms with Gasteiger partial charge in [-0.25, -0.2) is 9.97 Å². The Balaban J connectivity index is 1.67. The molecule has 0 aliphatic carbocycles. The molecule has 154 valence electrons. The van der Waals surface area contributed by atoms with E-state index in [2.05, 4.69) is 32.2 Å². The number of benzene rings is 2. The third-order valence-corrected chi connectivity index (χ3v) is 7.20. The lowest BCUT2D eigenvalue weighted by Crippen LogP contribution is -2.03. The van der Waals surface area contributed by atoms with Crippen LogP contribution in [0.3, 0.4) is 0 Å². The maximum absolute atomic E-state index is 6.04. The van der Waals surface area contributed by atoms with Crippen LogP contribution in [0.2, 0.25) is 0 Å². The van der Waals surface area contributed by atoms with Crippen LogP contribution in [0.25, 0.3) is 44.5 Å². The molecule has 0 atom stereocenters. The van der Waals surface area contributed by atoms with E-state index in [1.165, 1.54) is 0 Å². The van der Waals surface area contributed by atoms with Gasteiger partial charge in [0.1, 0.15) is 0 Å². The molecule has 5 aromatic rings. The summed E-state index contributed by atoms with van der Waals surface area (Å²) in [6, 6.07) is 17.9. The average molecular weight is 522 g/mol. The number of nitrogens with two attached hydrogens (primary N) is 1. The first-order valence-electron chi connectivity index (χ1n) is 9.72. The second kappa shape index (κ2) is 8.16. The minimum Gasteiger partial charge on any atom is -0.430 e. The Morgan fingerprint density at radius 3 is 2.61 bits per heavy atom. The van der Waals surface area contributed by atoms with Crippen LogP contribution in [0.5, 0.6) is 5.75 Å². The van der Waals surface area contributed by atoms with E-state index in [9.17, 15) is 0 Å². The van der Waals surface area contributed by atoms with E-state index in [-0.39, 0.29) is 20.7 Å². The number of fused-ring (bicyclic) bond motifs is 3. The minimum absolute atomic E-state index is 0.313. The number of hydrogen-bond acceptors (Lipinski definition) is 6. The van der Waals surface area contributed by atoms with E-state index >= 15 is 0 Å². The molecule has 0 bridgehead atoms. The molecule has 0 saturated carbocycles. The lowest BCUT2D eigenvalue weighted by Gasteiger charge is -2.09. The fraction of sp³-hybridized carbons (Fsp3) is 0.0833. The Morgan fingerprint density at radius 2 is 1.81 bits per heavy atom. The topological polar surface area (TPSA) is 87.1 Å². The zero-order valence-corrected chi connectivity index (χ0v) is 19.1. The van der Waals surface area contributed by atoms with E-state index in [0.29, 0.717) is 17.2 Å². The third-order valence-electron chi connectivity index (χ3n) is 5.01. The summed E-state index contributed by atoms with van der Waals surface area (Å²) in [5.74, 6) is 6.53. The van der Waals surface area contributed by atoms with Crippen LogP contribution in [0, 0.1) is 10.7 Å². The van der Waals surface area contributed by atoms with E-state index in [0.717, 1.165) is 42.5 Å². The van der Waals surface area contributed by atoms with Crippen LogP contribution in [-0.2, 0) is 0 Å². The third kappa shape index (κ3) is 3.60. The molecule has 2 aromatic carbocycles. The lowest BCUT2D eigenvalue weighted by molar-refractivity contribution is 0.334. The van der Waals surface area contributed by atoms with Crippen molar-refractivity contribution >= 4 is 46.5 Å². The predicted octanol–water partition coefficient (Wildman–Crippen LogP) is 5.63. The molecule has 2 N–H and O–H groups in total. The maximum Gasteiger partial charge on any atom is 0.231 e. The number of pyridine rings is 2. The normalized spacial score (nSPS) is 11.8. The number of nitrogens with zero attached hydrogens (tertiary/aromatic N) is 3. The molecule has 7 heteroatoms. The molecule has 0 aliphatic heterocycles. The summed E-state index contributed by atoms with van der Waals surface area (Å²) in [7, 11) is 0. The Hall–Kier alpha value is -3.17. The van der Waals surface area contributed by atoms with Crippen molar-refractivity contribution < 1.29 is 9.25 Å². The van der Waals surface area contributed by atoms with Crippen LogP contribution in [-0.4, -0.2) is 19.0 Å². The molecular weight excluding hydrogens is 503 g/mol. The quantitative estimate of drug-likeness (QED) is 0.187. The molecule has 6 nitrogen and oxygen atoms in total. The molecule has 5 rings (SSSR count). The van der Waals surface area contributed by atoms with Crippen LogP contribution >= 0.6 is 20.7 Å². The highest BCUT2D eigenvalue weighted by Gasteiger charge is 2.17. The zero-order valence-electron chi connectivity index (χ0n) is 17.0. The van der Waals surface area contributed by atoms with Gasteiger partial charge in [-0.05, 0) is 64.9 Å². The Kier molecular flexibility index (Phi) is 5.21. The molecule has 3 aromatic heterocycles. The van der Waals surface area contributed by atoms with Gasteiger partial charge in [-0.3, -0.25) is 4.98 Å². The highest BCUT2D eigenvalue weighted by Crippen LogP contribution is 2.35. The van der Waals surface area contributed by atoms with Crippen LogP contribution < -0.4 is 10.7 Å². The van der Waals surface area contributed by atoms with Crippen molar-refractivity contribution in [1.82, 2.24) is 15.0 Å². The number of oxazole rings is 1. The van der Waals surface area contributed by atoms with Crippen LogP contribution in [0.15, 0.2) is 65.2 Å². The lowest BCUT2D eigenvalue weighted by atomic mass is 10.0. The molecule has 0 spiro atoms. The number of halogens is 1. The first-order chi connectivity index (χ1) is 15.2. The Morgan fingerprint density at radius 1 is 1.00 bits per heavy atom. The first kappa shape index (κ1) is 19.8. The zero-order chi connectivity index (χ0) is 21.4. The van der Waals surface area contributed by atoms with Crippen molar-refractivity contribution in [1.29, 1.82) is 0 Å². The Bertz CT molecular complexity index is 1460. The van der Waals surface area contributed by atoms with Gasteiger partial charge >= 0.3 is 0 Å². The molecule has 0 amide bonds. The molecule has 0 unspecified atom stereocenters. The van der Waals surface area contributed by atoms with Crippen molar-refractivity contribution in [2.24, 2.45) is 5.90 Å². The number of aryl methyl sites for hydroxylation is 1.